The van der Waals surface area contributed by atoms with Crippen LogP contribution in [-0.4, -0.2) is 93.0 Å². The van der Waals surface area contributed by atoms with Crippen molar-refractivity contribution in [2.75, 3.05) is 45.9 Å². The number of hydrogen-bond donors (Lipinski definition) is 1. The summed E-state index contributed by atoms with van der Waals surface area (Å²) in [6.45, 7) is 6.62. The molecule has 0 saturated carbocycles. The molecule has 0 aliphatic carbocycles. The van der Waals surface area contributed by atoms with E-state index < -0.39 is 10.0 Å². The van der Waals surface area contributed by atoms with Crippen molar-refractivity contribution in [1.82, 2.24) is 33.5 Å². The van der Waals surface area contributed by atoms with Crippen LogP contribution in [0.1, 0.15) is 26.0 Å². The highest BCUT2D eigenvalue weighted by atomic mass is 32.2. The Bertz CT molecular complexity index is 1690. The van der Waals surface area contributed by atoms with Crippen LogP contribution in [0.5, 0.6) is 5.75 Å². The molecule has 1 N–H and O–H groups in total. The highest BCUT2D eigenvalue weighted by Crippen LogP contribution is 2.33. The number of β-amino-alcohol motifs (C(OH)–C–C–N with tert-alkyl or cyclic N) is 1. The lowest BCUT2D eigenvalue weighted by molar-refractivity contribution is 0.151. The maximum absolute atomic E-state index is 13.7. The number of pyridine rings is 1. The van der Waals surface area contributed by atoms with Gasteiger partial charge in [-0.05, 0) is 43.2 Å². The second kappa shape index (κ2) is 12.1. The fourth-order valence-corrected chi connectivity index (χ4v) is 6.48. The number of piperazine rings is 1. The molecule has 0 spiro atoms. The molecule has 1 aliphatic rings. The number of aliphatic hydroxyl groups is 1. The number of aliphatic hydroxyl groups excluding tert-OH is 1. The first-order chi connectivity index (χ1) is 19.8. The summed E-state index contributed by atoms with van der Waals surface area (Å²) < 4.78 is 37.9. The average Bonchev–Trinajstić information content (AvgIpc) is 3.37. The van der Waals surface area contributed by atoms with Gasteiger partial charge in [0.15, 0.2) is 11.3 Å². The first-order valence-electron chi connectivity index (χ1n) is 13.8. The van der Waals surface area contributed by atoms with Crippen molar-refractivity contribution in [3.8, 4) is 23.0 Å². The minimum absolute atomic E-state index is 0.0336. The van der Waals surface area contributed by atoms with Gasteiger partial charge in [0.2, 0.25) is 10.0 Å². The smallest absolute Gasteiger partial charge is 0.281 e. The van der Waals surface area contributed by atoms with Crippen LogP contribution in [-0.2, 0) is 23.5 Å². The van der Waals surface area contributed by atoms with Crippen LogP contribution in [0.2, 0.25) is 0 Å². The van der Waals surface area contributed by atoms with Crippen molar-refractivity contribution >= 4 is 21.1 Å². The van der Waals surface area contributed by atoms with Gasteiger partial charge in [0.25, 0.3) is 5.56 Å². The van der Waals surface area contributed by atoms with Gasteiger partial charge in [-0.25, -0.2) is 23.1 Å². The Hall–Kier alpha value is -3.65. The molecule has 4 aromatic rings. The molecular weight excluding hydrogens is 546 g/mol. The van der Waals surface area contributed by atoms with Gasteiger partial charge >= 0.3 is 0 Å². The molecule has 218 valence electrons. The van der Waals surface area contributed by atoms with Crippen molar-refractivity contribution in [3.05, 3.63) is 58.6 Å². The Labute approximate surface area is 238 Å². The number of aromatic nitrogens is 5. The molecule has 41 heavy (non-hydrogen) atoms. The highest BCUT2D eigenvalue weighted by Gasteiger charge is 2.30. The summed E-state index contributed by atoms with van der Waals surface area (Å²) in [6, 6.07) is 10.2. The normalized spacial score (nSPS) is 15.0. The van der Waals surface area contributed by atoms with Crippen LogP contribution in [0.3, 0.4) is 0 Å². The Balaban J connectivity index is 1.64. The van der Waals surface area contributed by atoms with E-state index in [9.17, 15) is 18.3 Å². The number of aryl methyl sites for hydroxylation is 1. The van der Waals surface area contributed by atoms with Crippen molar-refractivity contribution in [1.29, 1.82) is 0 Å². The van der Waals surface area contributed by atoms with Gasteiger partial charge in [0.05, 0.1) is 29.4 Å². The fourth-order valence-electron chi connectivity index (χ4n) is 5.03. The number of hydrogen-bond acceptors (Lipinski definition) is 9. The van der Waals surface area contributed by atoms with Crippen molar-refractivity contribution in [3.63, 3.8) is 0 Å². The van der Waals surface area contributed by atoms with Crippen molar-refractivity contribution in [2.45, 2.75) is 31.6 Å². The Kier molecular flexibility index (Phi) is 8.50. The monoisotopic (exact) mass is 581 g/mol. The van der Waals surface area contributed by atoms with Gasteiger partial charge in [0.1, 0.15) is 17.1 Å². The molecular formula is C28H35N7O5S. The maximum Gasteiger partial charge on any atom is 0.281 e. The summed E-state index contributed by atoms with van der Waals surface area (Å²) in [7, 11) is -2.23. The third-order valence-corrected chi connectivity index (χ3v) is 9.13. The first-order valence-corrected chi connectivity index (χ1v) is 15.2. The van der Waals surface area contributed by atoms with E-state index in [1.54, 1.807) is 30.1 Å². The number of ether oxygens (including phenoxy) is 1. The van der Waals surface area contributed by atoms with E-state index in [1.807, 2.05) is 36.9 Å². The largest absolute Gasteiger partial charge is 0.493 e. The van der Waals surface area contributed by atoms with E-state index in [2.05, 4.69) is 10.1 Å². The number of fused-ring (bicyclic) bond motifs is 1. The fraction of sp³-hybridized carbons (Fsp3) is 0.429. The van der Waals surface area contributed by atoms with Crippen molar-refractivity contribution in [2.24, 2.45) is 7.05 Å². The van der Waals surface area contributed by atoms with E-state index in [-0.39, 0.29) is 28.4 Å². The highest BCUT2D eigenvalue weighted by molar-refractivity contribution is 7.89. The molecule has 1 fully saturated rings. The van der Waals surface area contributed by atoms with Crippen LogP contribution in [0.15, 0.2) is 52.3 Å². The standard InChI is InChI=1S/C28H35N7O5S/c1-4-18-40-23-10-9-20(41(38,39)34-14-12-33(13-15-34)16-17-36)19-21(23)27-30-25-22(5-2)35(24-8-6-7-11-29-24)31-26(25)28(37)32(27)3/h6-11,19,36H,4-5,12-18H2,1-3H3. The molecule has 13 heteroatoms. The minimum Gasteiger partial charge on any atom is -0.493 e. The lowest BCUT2D eigenvalue weighted by Crippen LogP contribution is -2.49. The van der Waals surface area contributed by atoms with E-state index in [1.165, 1.54) is 14.9 Å². The number of benzene rings is 1. The molecule has 0 radical (unpaired) electrons. The van der Waals surface area contributed by atoms with Gasteiger partial charge in [-0.2, -0.15) is 9.40 Å². The number of rotatable bonds is 10. The summed E-state index contributed by atoms with van der Waals surface area (Å²) in [5, 5.41) is 13.8. The average molecular weight is 582 g/mol. The summed E-state index contributed by atoms with van der Waals surface area (Å²) in [4.78, 5) is 25.0. The Morgan fingerprint density at radius 2 is 1.83 bits per heavy atom. The summed E-state index contributed by atoms with van der Waals surface area (Å²) in [5.41, 5.74) is 1.42. The lowest BCUT2D eigenvalue weighted by atomic mass is 10.1. The molecule has 0 bridgehead atoms. The maximum atomic E-state index is 13.7. The molecule has 3 aromatic heterocycles. The summed E-state index contributed by atoms with van der Waals surface area (Å²) in [5.74, 6) is 1.30. The topological polar surface area (TPSA) is 136 Å². The SMILES string of the molecule is CCCOc1ccc(S(=O)(=O)N2CCN(CCO)CC2)cc1-c1nc2c(CC)n(-c3ccccn3)nc2c(=O)n1C. The molecule has 5 rings (SSSR count). The zero-order valence-electron chi connectivity index (χ0n) is 23.5. The van der Waals surface area contributed by atoms with Gasteiger partial charge in [-0.15, -0.1) is 0 Å². The molecule has 0 amide bonds. The van der Waals surface area contributed by atoms with Crippen LogP contribution < -0.4 is 10.3 Å². The molecule has 12 nitrogen and oxygen atoms in total. The molecule has 0 unspecified atom stereocenters. The van der Waals surface area contributed by atoms with Crippen LogP contribution in [0.4, 0.5) is 0 Å². The van der Waals surface area contributed by atoms with E-state index in [0.29, 0.717) is 68.4 Å². The van der Waals surface area contributed by atoms with Gasteiger partial charge in [0, 0.05) is 46.0 Å². The quantitative estimate of drug-likeness (QED) is 0.298. The summed E-state index contributed by atoms with van der Waals surface area (Å²) in [6.07, 6.45) is 2.95. The molecule has 1 aromatic carbocycles. The minimum atomic E-state index is -3.83. The van der Waals surface area contributed by atoms with Gasteiger partial charge < -0.3 is 9.84 Å². The predicted octanol–water partition coefficient (Wildman–Crippen LogP) is 1.83. The molecule has 4 heterocycles. The Morgan fingerprint density at radius 3 is 2.49 bits per heavy atom. The number of nitrogens with zero attached hydrogens (tertiary/aromatic N) is 7. The Morgan fingerprint density at radius 1 is 1.05 bits per heavy atom. The summed E-state index contributed by atoms with van der Waals surface area (Å²) >= 11 is 0. The van der Waals surface area contributed by atoms with Crippen LogP contribution in [0.25, 0.3) is 28.2 Å². The first kappa shape index (κ1) is 28.9. The van der Waals surface area contributed by atoms with E-state index >= 15 is 0 Å². The molecule has 1 saturated heterocycles. The number of sulfonamides is 1. The zero-order chi connectivity index (χ0) is 29.1. The molecule has 0 atom stereocenters. The third-order valence-electron chi connectivity index (χ3n) is 7.24. The van der Waals surface area contributed by atoms with Crippen LogP contribution >= 0.6 is 0 Å². The molecule has 1 aliphatic heterocycles. The van der Waals surface area contributed by atoms with Crippen LogP contribution in [0, 0.1) is 0 Å². The van der Waals surface area contributed by atoms with Gasteiger partial charge in [-0.1, -0.05) is 19.9 Å². The zero-order valence-corrected chi connectivity index (χ0v) is 24.3. The van der Waals surface area contributed by atoms with E-state index in [4.69, 9.17) is 9.72 Å². The van der Waals surface area contributed by atoms with Crippen molar-refractivity contribution < 1.29 is 18.3 Å². The van der Waals surface area contributed by atoms with E-state index in [0.717, 1.165) is 12.1 Å². The second-order valence-electron chi connectivity index (χ2n) is 9.87. The van der Waals surface area contributed by atoms with Gasteiger partial charge in [-0.3, -0.25) is 14.3 Å². The third kappa shape index (κ3) is 5.49. The second-order valence-corrected chi connectivity index (χ2v) is 11.8. The lowest BCUT2D eigenvalue weighted by Gasteiger charge is -2.33. The predicted molar refractivity (Wildman–Crippen MR) is 155 cm³/mol.